The molecule has 0 aliphatic carbocycles. The molecule has 3 aliphatic heterocycles. The predicted octanol–water partition coefficient (Wildman–Crippen LogP) is 0.810. The van der Waals surface area contributed by atoms with Crippen LogP contribution < -0.4 is 0 Å². The average Bonchev–Trinajstić information content (AvgIpc) is 3.03. The van der Waals surface area contributed by atoms with Crippen LogP contribution in [0.15, 0.2) is 9.98 Å². The molecule has 1 fully saturated rings. The van der Waals surface area contributed by atoms with Gasteiger partial charge >= 0.3 is 0 Å². The van der Waals surface area contributed by atoms with Gasteiger partial charge in [0.25, 0.3) is 0 Å². The Morgan fingerprint density at radius 1 is 0.750 bits per heavy atom. The fourth-order valence-corrected chi connectivity index (χ4v) is 3.95. The highest BCUT2D eigenvalue weighted by molar-refractivity contribution is 8.14. The van der Waals surface area contributed by atoms with Gasteiger partial charge < -0.3 is 9.80 Å². The van der Waals surface area contributed by atoms with Crippen LogP contribution in [0.1, 0.15) is 0 Å². The van der Waals surface area contributed by atoms with E-state index >= 15 is 0 Å². The van der Waals surface area contributed by atoms with Crippen molar-refractivity contribution in [1.82, 2.24) is 9.80 Å². The molecule has 6 heteroatoms. The summed E-state index contributed by atoms with van der Waals surface area (Å²) in [5.41, 5.74) is 0. The Morgan fingerprint density at radius 2 is 1.19 bits per heavy atom. The molecule has 3 aliphatic rings. The summed E-state index contributed by atoms with van der Waals surface area (Å²) in [6, 6.07) is 0. The van der Waals surface area contributed by atoms with Gasteiger partial charge in [-0.1, -0.05) is 23.5 Å². The molecule has 0 bridgehead atoms. The molecule has 0 aromatic heterocycles. The topological polar surface area (TPSA) is 31.2 Å². The van der Waals surface area contributed by atoms with E-state index in [0.717, 1.165) is 50.8 Å². The number of nitrogens with zero attached hydrogens (tertiary/aromatic N) is 4. The van der Waals surface area contributed by atoms with Crippen molar-refractivity contribution in [2.24, 2.45) is 9.98 Å². The van der Waals surface area contributed by atoms with Gasteiger partial charge in [-0.25, -0.2) is 0 Å². The second-order valence-electron chi connectivity index (χ2n) is 4.00. The van der Waals surface area contributed by atoms with Crippen molar-refractivity contribution in [2.45, 2.75) is 0 Å². The van der Waals surface area contributed by atoms with Gasteiger partial charge in [0.1, 0.15) is 0 Å². The number of hydrogen-bond acceptors (Lipinski definition) is 6. The summed E-state index contributed by atoms with van der Waals surface area (Å²) in [5.74, 6) is 2.33. The smallest absolute Gasteiger partial charge is 0.159 e. The maximum absolute atomic E-state index is 4.53. The van der Waals surface area contributed by atoms with Crippen LogP contribution in [0.4, 0.5) is 0 Å². The number of aliphatic imine (C=N–C) groups is 2. The van der Waals surface area contributed by atoms with E-state index in [-0.39, 0.29) is 0 Å². The van der Waals surface area contributed by atoms with Crippen molar-refractivity contribution in [3.8, 4) is 0 Å². The van der Waals surface area contributed by atoms with Gasteiger partial charge in [0.15, 0.2) is 10.3 Å². The average molecular weight is 256 g/mol. The second kappa shape index (κ2) is 4.87. The van der Waals surface area contributed by atoms with Gasteiger partial charge in [0.2, 0.25) is 0 Å². The summed E-state index contributed by atoms with van der Waals surface area (Å²) in [6.45, 7) is 6.42. The minimum Gasteiger partial charge on any atom is -0.348 e. The first kappa shape index (κ1) is 10.8. The Kier molecular flexibility index (Phi) is 3.28. The van der Waals surface area contributed by atoms with Crippen LogP contribution in [0.5, 0.6) is 0 Å². The summed E-state index contributed by atoms with van der Waals surface area (Å²) in [5, 5.41) is 2.53. The second-order valence-corrected chi connectivity index (χ2v) is 6.12. The van der Waals surface area contributed by atoms with Gasteiger partial charge in [-0.05, 0) is 0 Å². The molecule has 3 heterocycles. The fourth-order valence-electron chi connectivity index (χ4n) is 2.12. The molecule has 0 atom stereocenters. The highest BCUT2D eigenvalue weighted by Crippen LogP contribution is 2.20. The fraction of sp³-hybridized carbons (Fsp3) is 0.800. The van der Waals surface area contributed by atoms with Crippen LogP contribution >= 0.6 is 23.5 Å². The third kappa shape index (κ3) is 2.18. The minimum atomic E-state index is 1.00. The Bertz CT molecular complexity index is 289. The highest BCUT2D eigenvalue weighted by Gasteiger charge is 2.24. The summed E-state index contributed by atoms with van der Waals surface area (Å²) in [7, 11) is 0. The van der Waals surface area contributed by atoms with E-state index in [1.165, 1.54) is 10.3 Å². The van der Waals surface area contributed by atoms with Gasteiger partial charge in [-0.3, -0.25) is 9.98 Å². The normalized spacial score (nSPS) is 26.0. The molecule has 0 saturated carbocycles. The lowest BCUT2D eigenvalue weighted by Crippen LogP contribution is -2.49. The van der Waals surface area contributed by atoms with Crippen LogP contribution in [0.25, 0.3) is 0 Å². The number of thioether (sulfide) groups is 2. The quantitative estimate of drug-likeness (QED) is 0.642. The van der Waals surface area contributed by atoms with E-state index in [1.54, 1.807) is 0 Å². The van der Waals surface area contributed by atoms with Gasteiger partial charge in [0.05, 0.1) is 13.1 Å². The Balaban J connectivity index is 1.55. The summed E-state index contributed by atoms with van der Waals surface area (Å²) < 4.78 is 0. The van der Waals surface area contributed by atoms with Crippen LogP contribution in [-0.4, -0.2) is 70.9 Å². The van der Waals surface area contributed by atoms with E-state index in [9.17, 15) is 0 Å². The van der Waals surface area contributed by atoms with E-state index < -0.39 is 0 Å². The van der Waals surface area contributed by atoms with Crippen LogP contribution in [-0.2, 0) is 0 Å². The van der Waals surface area contributed by atoms with Crippen molar-refractivity contribution in [3.05, 3.63) is 0 Å². The molecule has 0 spiro atoms. The lowest BCUT2D eigenvalue weighted by Gasteiger charge is -2.36. The Morgan fingerprint density at radius 3 is 1.50 bits per heavy atom. The zero-order valence-corrected chi connectivity index (χ0v) is 10.9. The molecule has 0 N–H and O–H groups in total. The third-order valence-electron chi connectivity index (χ3n) is 2.96. The molecule has 0 aromatic rings. The Labute approximate surface area is 105 Å². The first-order chi connectivity index (χ1) is 7.93. The van der Waals surface area contributed by atoms with Crippen molar-refractivity contribution in [1.29, 1.82) is 0 Å². The largest absolute Gasteiger partial charge is 0.348 e. The van der Waals surface area contributed by atoms with Crippen molar-refractivity contribution in [2.75, 3.05) is 50.8 Å². The SMILES string of the molecule is C1CSC(N2CCN(C3=NCCS3)CC2)=N1. The van der Waals surface area contributed by atoms with Gasteiger partial charge in [-0.2, -0.15) is 0 Å². The Hall–Kier alpha value is -0.360. The number of piperazine rings is 1. The zero-order chi connectivity index (χ0) is 10.8. The van der Waals surface area contributed by atoms with Crippen molar-refractivity contribution in [3.63, 3.8) is 0 Å². The van der Waals surface area contributed by atoms with E-state index in [2.05, 4.69) is 19.8 Å². The predicted molar refractivity (Wildman–Crippen MR) is 72.7 cm³/mol. The lowest BCUT2D eigenvalue weighted by molar-refractivity contribution is 0.265. The maximum atomic E-state index is 4.53. The lowest BCUT2D eigenvalue weighted by atomic mass is 10.3. The summed E-state index contributed by atoms with van der Waals surface area (Å²) in [6.07, 6.45) is 0. The third-order valence-corrected chi connectivity index (χ3v) is 5.02. The number of hydrogen-bond donors (Lipinski definition) is 0. The van der Waals surface area contributed by atoms with Gasteiger partial charge in [0, 0.05) is 37.7 Å². The summed E-state index contributed by atoms with van der Waals surface area (Å²) in [4.78, 5) is 13.9. The standard InChI is InChI=1S/C10H16N4S2/c1-7-15-9(11-1)13-3-5-14(6-4-13)10-12-2-8-16-10/h1-8H2. The van der Waals surface area contributed by atoms with Crippen molar-refractivity contribution < 1.29 is 0 Å². The molecule has 3 rings (SSSR count). The molecule has 4 nitrogen and oxygen atoms in total. The summed E-state index contributed by atoms with van der Waals surface area (Å²) >= 11 is 3.81. The molecule has 0 aromatic carbocycles. The first-order valence-electron chi connectivity index (χ1n) is 5.78. The number of amidine groups is 2. The van der Waals surface area contributed by atoms with E-state index in [0.29, 0.717) is 0 Å². The molecular weight excluding hydrogens is 240 g/mol. The molecular formula is C10H16N4S2. The highest BCUT2D eigenvalue weighted by atomic mass is 32.2. The molecule has 88 valence electrons. The number of rotatable bonds is 0. The van der Waals surface area contributed by atoms with E-state index in [4.69, 9.17) is 0 Å². The maximum Gasteiger partial charge on any atom is 0.159 e. The van der Waals surface area contributed by atoms with Crippen molar-refractivity contribution >= 4 is 33.9 Å². The van der Waals surface area contributed by atoms with Gasteiger partial charge in [-0.15, -0.1) is 0 Å². The molecule has 16 heavy (non-hydrogen) atoms. The zero-order valence-electron chi connectivity index (χ0n) is 9.26. The van der Waals surface area contributed by atoms with Crippen LogP contribution in [0.3, 0.4) is 0 Å². The monoisotopic (exact) mass is 256 g/mol. The molecule has 0 radical (unpaired) electrons. The molecule has 0 amide bonds. The van der Waals surface area contributed by atoms with E-state index in [1.807, 2.05) is 23.5 Å². The molecule has 0 unspecified atom stereocenters. The van der Waals surface area contributed by atoms with Crippen LogP contribution in [0.2, 0.25) is 0 Å². The minimum absolute atomic E-state index is 1.00. The first-order valence-corrected chi connectivity index (χ1v) is 7.75. The molecule has 1 saturated heterocycles. The van der Waals surface area contributed by atoms with Crippen LogP contribution in [0, 0.1) is 0 Å².